The largest absolute Gasteiger partial charge is 0.497 e. The van der Waals surface area contributed by atoms with E-state index in [1.165, 1.54) is 55.7 Å². The fourth-order valence-electron chi connectivity index (χ4n) is 19.1. The van der Waals surface area contributed by atoms with Gasteiger partial charge >= 0.3 is 0 Å². The molecule has 4 fully saturated rings. The predicted octanol–water partition coefficient (Wildman–Crippen LogP) is 24.6. The van der Waals surface area contributed by atoms with Crippen molar-refractivity contribution in [3.05, 3.63) is 329 Å². The number of nitrogens with zero attached hydrogens (tertiary/aromatic N) is 8. The van der Waals surface area contributed by atoms with E-state index < -0.39 is 0 Å². The van der Waals surface area contributed by atoms with Crippen LogP contribution in [0.1, 0.15) is 47.9 Å². The first-order valence-corrected chi connectivity index (χ1v) is 49.2. The topological polar surface area (TPSA) is 172 Å². The van der Waals surface area contributed by atoms with Crippen molar-refractivity contribution in [3.8, 4) is 74.7 Å². The third kappa shape index (κ3) is 24.5. The molecule has 21 nitrogen and oxygen atoms in total. The maximum Gasteiger partial charge on any atom is 0.169 e. The highest BCUT2D eigenvalue weighted by Gasteiger charge is 2.27. The van der Waals surface area contributed by atoms with E-state index in [9.17, 15) is 0 Å². The number of ether oxygens (including phenoxy) is 9. The Kier molecular flexibility index (Phi) is 32.1. The molecule has 0 unspecified atom stereocenters. The Morgan fingerprint density at radius 2 is 0.562 bits per heavy atom. The van der Waals surface area contributed by atoms with Gasteiger partial charge in [-0.15, -0.1) is 0 Å². The van der Waals surface area contributed by atoms with Gasteiger partial charge in [-0.25, -0.2) is 0 Å². The molecule has 4 saturated heterocycles. The van der Waals surface area contributed by atoms with E-state index >= 15 is 0 Å². The lowest BCUT2D eigenvalue weighted by Crippen LogP contribution is -2.46. The normalized spacial score (nSPS) is 14.8. The van der Waals surface area contributed by atoms with Gasteiger partial charge in [-0.1, -0.05) is 150 Å². The van der Waals surface area contributed by atoms with Crippen molar-refractivity contribution >= 4 is 101 Å². The van der Waals surface area contributed by atoms with Gasteiger partial charge in [0.2, 0.25) is 0 Å². The minimum absolute atomic E-state index is 0.563. The summed E-state index contributed by atoms with van der Waals surface area (Å²) < 4.78 is 52.7. The maximum atomic E-state index is 6.30. The zero-order valence-electron chi connectivity index (χ0n) is 78.3. The van der Waals surface area contributed by atoms with Gasteiger partial charge in [0.1, 0.15) is 30.5 Å². The van der Waals surface area contributed by atoms with Gasteiger partial charge in [-0.05, 0) is 239 Å². The van der Waals surface area contributed by atoms with Crippen LogP contribution in [-0.2, 0) is 25.7 Å². The van der Waals surface area contributed by atoms with Gasteiger partial charge in [0.05, 0.1) is 44.1 Å². The highest BCUT2D eigenvalue weighted by molar-refractivity contribution is 6.32. The Morgan fingerprint density at radius 3 is 0.934 bits per heavy atom. The molecule has 4 aromatic heterocycles. The molecule has 21 rings (SSSR count). The summed E-state index contributed by atoms with van der Waals surface area (Å²) in [5, 5.41) is 7.51. The summed E-state index contributed by atoms with van der Waals surface area (Å²) in [6.45, 7) is 21.9. The van der Waals surface area contributed by atoms with Gasteiger partial charge in [0, 0.05) is 200 Å². The monoisotopic (exact) mass is 1890 g/mol. The smallest absolute Gasteiger partial charge is 0.169 e. The SMILES string of the molecule is COc1cccc(Oc2ccccc2N2CCN(CCCc3c[nH]c4cc(Cl)ccc34)CC2)c1.COc1ccccc1Oc1ccccc1N1CCN(CCCc2c[nH]c3cc(Cl)ccc23)CC1.COc1ccccc1Oc1ccccc1N1CCN(CCCc2c[nH]c3ccccc23)CC1.Clc1ccc2c(CCCN3CCN(c4ccccc4Oc4ccc5c(c4)OCCO5)CC3)c[nH]c2c1. The summed E-state index contributed by atoms with van der Waals surface area (Å²) >= 11 is 18.3. The quantitative estimate of drug-likeness (QED) is 0.0323. The number of aryl methyl sites for hydroxylation is 4. The molecule has 0 aliphatic carbocycles. The van der Waals surface area contributed by atoms with Gasteiger partial charge in [0.15, 0.2) is 57.5 Å². The molecule has 5 aliphatic rings. The number of fused-ring (bicyclic) bond motifs is 5. The van der Waals surface area contributed by atoms with Crippen LogP contribution in [0.5, 0.6) is 74.7 Å². The number of aromatic amines is 4. The predicted molar refractivity (Wildman–Crippen MR) is 559 cm³/mol. The molecular formula is C113H121Cl3N12O9. The summed E-state index contributed by atoms with van der Waals surface area (Å²) in [7, 11) is 5.01. The highest BCUT2D eigenvalue weighted by atomic mass is 35.5. The first-order chi connectivity index (χ1) is 67.4. The molecule has 5 aliphatic heterocycles. The second-order valence-corrected chi connectivity index (χ2v) is 36.5. The van der Waals surface area contributed by atoms with Gasteiger partial charge in [-0.3, -0.25) is 19.6 Å². The Hall–Kier alpha value is -13.1. The van der Waals surface area contributed by atoms with Gasteiger partial charge in [-0.2, -0.15) is 0 Å². The molecule has 0 radical (unpaired) electrons. The highest BCUT2D eigenvalue weighted by Crippen LogP contribution is 2.43. The number of para-hydroxylation sites is 13. The van der Waals surface area contributed by atoms with Crippen LogP contribution < -0.4 is 62.2 Å². The van der Waals surface area contributed by atoms with Crippen LogP contribution in [-0.4, -0.2) is 205 Å². The molecule has 12 aromatic carbocycles. The zero-order valence-corrected chi connectivity index (χ0v) is 80.6. The maximum absolute atomic E-state index is 6.30. The molecule has 24 heteroatoms. The molecule has 4 N–H and O–H groups in total. The molecule has 0 bridgehead atoms. The number of benzene rings is 12. The third-order valence-corrected chi connectivity index (χ3v) is 27.2. The van der Waals surface area contributed by atoms with E-state index in [0.717, 1.165) is 305 Å². The minimum Gasteiger partial charge on any atom is -0.497 e. The fraction of sp³-hybridized carbons (Fsp3) is 0.292. The summed E-state index contributed by atoms with van der Waals surface area (Å²) in [4.78, 5) is 33.4. The second-order valence-electron chi connectivity index (χ2n) is 35.2. The zero-order chi connectivity index (χ0) is 93.4. The lowest BCUT2D eigenvalue weighted by molar-refractivity contribution is 0.171. The molecule has 0 amide bonds. The lowest BCUT2D eigenvalue weighted by atomic mass is 10.1. The van der Waals surface area contributed by atoms with E-state index in [0.29, 0.717) is 13.2 Å². The van der Waals surface area contributed by atoms with Crippen LogP contribution in [0.4, 0.5) is 22.7 Å². The number of aromatic nitrogens is 4. The van der Waals surface area contributed by atoms with Crippen LogP contribution in [0.25, 0.3) is 43.6 Å². The Balaban J connectivity index is 0.000000122. The van der Waals surface area contributed by atoms with Crippen molar-refractivity contribution in [2.75, 3.05) is 185 Å². The van der Waals surface area contributed by atoms with Gasteiger partial charge in [0.25, 0.3) is 0 Å². The summed E-state index contributed by atoms with van der Waals surface area (Å²) in [5.74, 6) is 10.3. The number of methoxy groups -OCH3 is 3. The molecule has 0 saturated carbocycles. The van der Waals surface area contributed by atoms with Crippen molar-refractivity contribution in [2.24, 2.45) is 0 Å². The number of hydrogen-bond acceptors (Lipinski definition) is 17. The molecule has 0 atom stereocenters. The second kappa shape index (κ2) is 46.6. The van der Waals surface area contributed by atoms with Crippen molar-refractivity contribution < 1.29 is 42.6 Å². The third-order valence-electron chi connectivity index (χ3n) is 26.4. The number of nitrogens with one attached hydrogen (secondary N) is 4. The summed E-state index contributed by atoms with van der Waals surface area (Å²) in [6.07, 6.45) is 17.4. The number of rotatable bonds is 31. The van der Waals surface area contributed by atoms with Gasteiger partial charge < -0.3 is 82.2 Å². The fourth-order valence-corrected chi connectivity index (χ4v) is 19.6. The summed E-state index contributed by atoms with van der Waals surface area (Å²) in [6, 6.07) is 89.0. The molecule has 0 spiro atoms. The van der Waals surface area contributed by atoms with E-state index in [-0.39, 0.29) is 0 Å². The summed E-state index contributed by atoms with van der Waals surface area (Å²) in [5.41, 5.74) is 14.6. The van der Waals surface area contributed by atoms with E-state index in [1.807, 2.05) is 176 Å². The average molecular weight is 1900 g/mol. The molecule has 137 heavy (non-hydrogen) atoms. The standard InChI is InChI=1S/C29H30ClN3O3.2C28H30ClN3O2.C28H31N3O2/c30-22-7-9-24-21(20-31-25(24)18-22)4-3-11-32-12-14-33(15-13-32)26-5-1-2-6-27(26)36-23-8-10-28-29(19-23)35-17-16-34-28;1-33-23-7-4-8-24(19-23)34-28-10-3-2-9-27(28)32-16-14-31(15-17-32)13-5-6-21-20-30-26-18-22(29)11-12-25(21)26;1-33-27-10-4-5-11-28(27)34-26-9-3-2-8-25(26)32-17-15-31(16-18-32)14-6-7-21-20-30-24-19-22(29)12-13-23(21)24;1-32-27-14-6-7-15-28(27)33-26-13-5-4-12-25(26)31-19-17-30(18-20-31)16-8-9-22-21-29-24-11-3-2-10-23(22)24/h1-2,5-10,18-20,31H,3-4,11-17H2;2-4,7-12,18-20,30H,5-6,13-17H2,1H3;2-5,8-13,19-20,30H,6-7,14-18H2,1H3;2-7,10-15,21,29H,8-9,16-20H2,1H3. The van der Waals surface area contributed by atoms with Crippen LogP contribution in [0.3, 0.4) is 0 Å². The molecule has 9 heterocycles. The van der Waals surface area contributed by atoms with Crippen molar-refractivity contribution in [1.82, 2.24) is 39.5 Å². The van der Waals surface area contributed by atoms with Crippen LogP contribution in [0.15, 0.2) is 292 Å². The average Bonchev–Trinajstić information content (AvgIpc) is 1.55. The molecular weight excluding hydrogens is 1780 g/mol. The number of halogens is 3. The Labute approximate surface area is 818 Å². The number of hydrogen-bond donors (Lipinski definition) is 4. The Morgan fingerprint density at radius 1 is 0.255 bits per heavy atom. The first-order valence-electron chi connectivity index (χ1n) is 48.0. The van der Waals surface area contributed by atoms with Crippen LogP contribution in [0, 0.1) is 0 Å². The minimum atomic E-state index is 0.563. The van der Waals surface area contributed by atoms with Crippen LogP contribution >= 0.6 is 34.8 Å². The first kappa shape index (κ1) is 94.3. The Bertz CT molecular complexity index is 6610. The molecule has 16 aromatic rings. The lowest BCUT2D eigenvalue weighted by Gasteiger charge is -2.36. The van der Waals surface area contributed by atoms with Crippen molar-refractivity contribution in [2.45, 2.75) is 51.4 Å². The number of piperazine rings is 4. The van der Waals surface area contributed by atoms with Crippen molar-refractivity contribution in [1.29, 1.82) is 0 Å². The molecule has 708 valence electrons. The van der Waals surface area contributed by atoms with E-state index in [2.05, 4.69) is 175 Å². The number of H-pyrrole nitrogens is 4. The van der Waals surface area contributed by atoms with E-state index in [1.54, 1.807) is 21.3 Å². The van der Waals surface area contributed by atoms with Crippen LogP contribution in [0.2, 0.25) is 15.1 Å². The van der Waals surface area contributed by atoms with E-state index in [4.69, 9.17) is 77.4 Å². The number of anilines is 4. The van der Waals surface area contributed by atoms with Crippen molar-refractivity contribution in [3.63, 3.8) is 0 Å².